The molecule has 2 heterocycles. The van der Waals surface area contributed by atoms with E-state index in [0.29, 0.717) is 32.2 Å². The molecule has 5 rings (SSSR count). The highest BCUT2D eigenvalue weighted by atomic mass is 16.5. The van der Waals surface area contributed by atoms with E-state index in [1.54, 1.807) is 6.33 Å². The second-order valence-corrected chi connectivity index (χ2v) is 9.67. The topological polar surface area (TPSA) is 58.6 Å². The molecule has 6 nitrogen and oxygen atoms in total. The summed E-state index contributed by atoms with van der Waals surface area (Å²) in [6.07, 6.45) is 1.64. The standard InChI is InChI=1S/C30H32N4O2/c1-22(2)19-34(30(35)24-8-4-3-5-9-24)20-23-7-6-10-25(17-23)26-11-12-28-27(18-26)29(32-21-31-28)33-13-15-36-16-14-33/h3-12,17-18,21-22H,13-16,19-20H2,1-2H3. The molecular formula is C30H32N4O2. The van der Waals surface area contributed by atoms with Gasteiger partial charge >= 0.3 is 0 Å². The summed E-state index contributed by atoms with van der Waals surface area (Å²) < 4.78 is 5.53. The second-order valence-electron chi connectivity index (χ2n) is 9.67. The Morgan fingerprint density at radius 3 is 2.50 bits per heavy atom. The minimum Gasteiger partial charge on any atom is -0.378 e. The number of rotatable bonds is 7. The molecule has 1 aliphatic heterocycles. The van der Waals surface area contributed by atoms with Crippen molar-refractivity contribution in [2.45, 2.75) is 20.4 Å². The van der Waals surface area contributed by atoms with Crippen molar-refractivity contribution in [3.63, 3.8) is 0 Å². The van der Waals surface area contributed by atoms with Crippen LogP contribution in [0.1, 0.15) is 29.8 Å². The quantitative estimate of drug-likeness (QED) is 0.353. The molecule has 3 aromatic carbocycles. The van der Waals surface area contributed by atoms with Crippen molar-refractivity contribution in [2.75, 3.05) is 37.7 Å². The summed E-state index contributed by atoms with van der Waals surface area (Å²) in [5, 5.41) is 1.04. The van der Waals surface area contributed by atoms with Crippen LogP contribution in [-0.4, -0.2) is 53.6 Å². The predicted octanol–water partition coefficient (Wildman–Crippen LogP) is 5.43. The van der Waals surface area contributed by atoms with E-state index in [9.17, 15) is 4.79 Å². The lowest BCUT2D eigenvalue weighted by Gasteiger charge is -2.28. The smallest absolute Gasteiger partial charge is 0.254 e. The maximum atomic E-state index is 13.3. The molecule has 0 saturated carbocycles. The third kappa shape index (κ3) is 5.39. The first-order chi connectivity index (χ1) is 17.6. The number of hydrogen-bond donors (Lipinski definition) is 0. The van der Waals surface area contributed by atoms with Crippen LogP contribution in [0, 0.1) is 5.92 Å². The van der Waals surface area contributed by atoms with E-state index in [4.69, 9.17) is 4.74 Å². The van der Waals surface area contributed by atoms with E-state index >= 15 is 0 Å². The molecule has 0 atom stereocenters. The molecule has 0 aliphatic carbocycles. The molecule has 36 heavy (non-hydrogen) atoms. The third-order valence-corrected chi connectivity index (χ3v) is 6.45. The molecule has 0 N–H and O–H groups in total. The molecule has 0 unspecified atom stereocenters. The summed E-state index contributed by atoms with van der Waals surface area (Å²) in [5.74, 6) is 1.39. The van der Waals surface area contributed by atoms with Crippen molar-refractivity contribution < 1.29 is 9.53 Å². The number of ether oxygens (including phenoxy) is 1. The van der Waals surface area contributed by atoms with E-state index < -0.39 is 0 Å². The normalized spacial score (nSPS) is 13.8. The number of amides is 1. The molecule has 0 bridgehead atoms. The van der Waals surface area contributed by atoms with Crippen LogP contribution in [0.3, 0.4) is 0 Å². The number of anilines is 1. The molecule has 1 aliphatic rings. The van der Waals surface area contributed by atoms with Gasteiger partial charge in [-0.05, 0) is 52.9 Å². The van der Waals surface area contributed by atoms with Gasteiger partial charge in [-0.3, -0.25) is 4.79 Å². The lowest BCUT2D eigenvalue weighted by Crippen LogP contribution is -2.36. The van der Waals surface area contributed by atoms with Crippen molar-refractivity contribution >= 4 is 22.6 Å². The van der Waals surface area contributed by atoms with Gasteiger partial charge in [0.05, 0.1) is 18.7 Å². The predicted molar refractivity (Wildman–Crippen MR) is 144 cm³/mol. The van der Waals surface area contributed by atoms with Crippen LogP contribution in [0.15, 0.2) is 79.1 Å². The Bertz CT molecular complexity index is 1330. The number of carbonyl (C=O) groups excluding carboxylic acids is 1. The van der Waals surface area contributed by atoms with Gasteiger partial charge in [-0.25, -0.2) is 9.97 Å². The summed E-state index contributed by atoms with van der Waals surface area (Å²) in [4.78, 5) is 26.6. The van der Waals surface area contributed by atoms with Crippen LogP contribution >= 0.6 is 0 Å². The highest BCUT2D eigenvalue weighted by molar-refractivity contribution is 5.94. The Labute approximate surface area is 212 Å². The van der Waals surface area contributed by atoms with Gasteiger partial charge in [0.15, 0.2) is 0 Å². The summed E-state index contributed by atoms with van der Waals surface area (Å²) in [6, 6.07) is 24.4. The average molecular weight is 481 g/mol. The number of fused-ring (bicyclic) bond motifs is 1. The lowest BCUT2D eigenvalue weighted by molar-refractivity contribution is 0.0722. The molecule has 1 fully saturated rings. The van der Waals surface area contributed by atoms with Gasteiger partial charge in [0, 0.05) is 37.1 Å². The molecular weight excluding hydrogens is 448 g/mol. The molecule has 1 saturated heterocycles. The van der Waals surface area contributed by atoms with Gasteiger partial charge < -0.3 is 14.5 Å². The largest absolute Gasteiger partial charge is 0.378 e. The summed E-state index contributed by atoms with van der Waals surface area (Å²) >= 11 is 0. The fourth-order valence-corrected chi connectivity index (χ4v) is 4.74. The minimum atomic E-state index is 0.0627. The van der Waals surface area contributed by atoms with Crippen LogP contribution in [0.25, 0.3) is 22.0 Å². The number of benzene rings is 3. The maximum absolute atomic E-state index is 13.3. The zero-order valence-corrected chi connectivity index (χ0v) is 20.9. The van der Waals surface area contributed by atoms with Crippen molar-refractivity contribution in [3.05, 3.63) is 90.3 Å². The molecule has 1 aromatic heterocycles. The zero-order chi connectivity index (χ0) is 24.9. The van der Waals surface area contributed by atoms with E-state index in [-0.39, 0.29) is 5.91 Å². The van der Waals surface area contributed by atoms with Crippen LogP contribution in [0.4, 0.5) is 5.82 Å². The Morgan fingerprint density at radius 1 is 0.944 bits per heavy atom. The number of nitrogens with zero attached hydrogens (tertiary/aromatic N) is 4. The minimum absolute atomic E-state index is 0.0627. The van der Waals surface area contributed by atoms with Gasteiger partial charge in [0.2, 0.25) is 0 Å². The number of aromatic nitrogens is 2. The number of carbonyl (C=O) groups is 1. The first-order valence-corrected chi connectivity index (χ1v) is 12.6. The molecule has 6 heteroatoms. The highest BCUT2D eigenvalue weighted by Crippen LogP contribution is 2.30. The summed E-state index contributed by atoms with van der Waals surface area (Å²) in [7, 11) is 0. The third-order valence-electron chi connectivity index (χ3n) is 6.45. The Balaban J connectivity index is 1.44. The monoisotopic (exact) mass is 480 g/mol. The van der Waals surface area contributed by atoms with Gasteiger partial charge in [-0.15, -0.1) is 0 Å². The SMILES string of the molecule is CC(C)CN(Cc1cccc(-c2ccc3ncnc(N4CCOCC4)c3c2)c1)C(=O)c1ccccc1. The molecule has 0 spiro atoms. The molecule has 4 aromatic rings. The molecule has 184 valence electrons. The van der Waals surface area contributed by atoms with Crippen LogP contribution in [0.5, 0.6) is 0 Å². The van der Waals surface area contributed by atoms with Crippen LogP contribution < -0.4 is 4.90 Å². The molecule has 0 radical (unpaired) electrons. The van der Waals surface area contributed by atoms with Crippen molar-refractivity contribution in [2.24, 2.45) is 5.92 Å². The van der Waals surface area contributed by atoms with E-state index in [2.05, 4.69) is 71.2 Å². The average Bonchev–Trinajstić information content (AvgIpc) is 2.92. The van der Waals surface area contributed by atoms with E-state index in [1.165, 1.54) is 0 Å². The number of hydrogen-bond acceptors (Lipinski definition) is 5. The Kier molecular flexibility index (Phi) is 7.23. The number of morpholine rings is 1. The van der Waals surface area contributed by atoms with E-state index in [1.807, 2.05) is 35.2 Å². The van der Waals surface area contributed by atoms with Crippen LogP contribution in [0.2, 0.25) is 0 Å². The van der Waals surface area contributed by atoms with Crippen molar-refractivity contribution in [1.29, 1.82) is 0 Å². The van der Waals surface area contributed by atoms with Crippen molar-refractivity contribution in [1.82, 2.24) is 14.9 Å². The van der Waals surface area contributed by atoms with Crippen LogP contribution in [-0.2, 0) is 11.3 Å². The Morgan fingerprint density at radius 2 is 1.72 bits per heavy atom. The lowest BCUT2D eigenvalue weighted by atomic mass is 10.0. The zero-order valence-electron chi connectivity index (χ0n) is 20.9. The summed E-state index contributed by atoms with van der Waals surface area (Å²) in [5.41, 5.74) is 4.99. The fourth-order valence-electron chi connectivity index (χ4n) is 4.74. The first kappa shape index (κ1) is 23.9. The Hall–Kier alpha value is -3.77. The van der Waals surface area contributed by atoms with E-state index in [0.717, 1.165) is 52.1 Å². The van der Waals surface area contributed by atoms with Gasteiger partial charge in [-0.1, -0.05) is 56.3 Å². The fraction of sp³-hybridized carbons (Fsp3) is 0.300. The first-order valence-electron chi connectivity index (χ1n) is 12.6. The van der Waals surface area contributed by atoms with Crippen molar-refractivity contribution in [3.8, 4) is 11.1 Å². The van der Waals surface area contributed by atoms with Gasteiger partial charge in [0.25, 0.3) is 5.91 Å². The summed E-state index contributed by atoms with van der Waals surface area (Å²) in [6.45, 7) is 8.63. The highest BCUT2D eigenvalue weighted by Gasteiger charge is 2.18. The van der Waals surface area contributed by atoms with Gasteiger partial charge in [-0.2, -0.15) is 0 Å². The van der Waals surface area contributed by atoms with Gasteiger partial charge in [0.1, 0.15) is 12.1 Å². The maximum Gasteiger partial charge on any atom is 0.254 e. The molecule has 1 amide bonds. The second kappa shape index (κ2) is 10.9.